The number of aryl methyl sites for hydroxylation is 1. The lowest BCUT2D eigenvalue weighted by Gasteiger charge is -2.37. The maximum atomic E-state index is 12.7. The summed E-state index contributed by atoms with van der Waals surface area (Å²) < 4.78 is 0. The van der Waals surface area contributed by atoms with Crippen molar-refractivity contribution in [2.75, 3.05) is 37.6 Å². The number of halogens is 2. The Morgan fingerprint density at radius 3 is 2.28 bits per heavy atom. The third-order valence-electron chi connectivity index (χ3n) is 5.32. The van der Waals surface area contributed by atoms with Crippen LogP contribution in [0.25, 0.3) is 0 Å². The average Bonchev–Trinajstić information content (AvgIpc) is 2.62. The summed E-state index contributed by atoms with van der Waals surface area (Å²) >= 11 is 0. The second-order valence-corrected chi connectivity index (χ2v) is 6.96. The van der Waals surface area contributed by atoms with E-state index < -0.39 is 0 Å². The largest absolute Gasteiger partial charge is 0.357 e. The Balaban J connectivity index is 0.00000156. The van der Waals surface area contributed by atoms with E-state index in [0.29, 0.717) is 11.8 Å². The van der Waals surface area contributed by atoms with Crippen LogP contribution in [0, 0.1) is 18.8 Å². The minimum absolute atomic E-state index is 0. The molecule has 1 aromatic rings. The zero-order chi connectivity index (χ0) is 16.2. The zero-order valence-electron chi connectivity index (χ0n) is 14.9. The van der Waals surface area contributed by atoms with Gasteiger partial charge in [0.15, 0.2) is 0 Å². The summed E-state index contributed by atoms with van der Waals surface area (Å²) in [7, 11) is 0. The fourth-order valence-electron chi connectivity index (χ4n) is 3.65. The molecule has 2 aliphatic heterocycles. The quantitative estimate of drug-likeness (QED) is 0.864. The van der Waals surface area contributed by atoms with Gasteiger partial charge in [-0.15, -0.1) is 24.8 Å². The van der Waals surface area contributed by atoms with E-state index in [4.69, 9.17) is 5.73 Å². The topological polar surface area (TPSA) is 62.5 Å². The first-order valence-electron chi connectivity index (χ1n) is 8.84. The molecule has 0 saturated carbocycles. The molecule has 0 atom stereocenters. The Morgan fingerprint density at radius 1 is 1.12 bits per heavy atom. The summed E-state index contributed by atoms with van der Waals surface area (Å²) in [6, 6.07) is 4.18. The maximum absolute atomic E-state index is 12.7. The Bertz CT molecular complexity index is 524. The van der Waals surface area contributed by atoms with Crippen molar-refractivity contribution in [2.45, 2.75) is 32.6 Å². The molecule has 7 heteroatoms. The minimum Gasteiger partial charge on any atom is -0.357 e. The normalized spacial score (nSPS) is 19.1. The lowest BCUT2D eigenvalue weighted by molar-refractivity contribution is -0.137. The van der Waals surface area contributed by atoms with Gasteiger partial charge in [0.05, 0.1) is 0 Å². The van der Waals surface area contributed by atoms with Crippen molar-refractivity contribution in [3.63, 3.8) is 0 Å². The van der Waals surface area contributed by atoms with Gasteiger partial charge < -0.3 is 15.5 Å². The van der Waals surface area contributed by atoms with E-state index in [1.807, 2.05) is 6.20 Å². The fraction of sp³-hybridized carbons (Fsp3) is 0.667. The zero-order valence-corrected chi connectivity index (χ0v) is 16.5. The summed E-state index contributed by atoms with van der Waals surface area (Å²) in [5, 5.41) is 0. The van der Waals surface area contributed by atoms with Crippen LogP contribution in [0.5, 0.6) is 0 Å². The van der Waals surface area contributed by atoms with Crippen LogP contribution in [-0.4, -0.2) is 48.5 Å². The van der Waals surface area contributed by atoms with E-state index in [1.165, 1.54) is 5.56 Å². The van der Waals surface area contributed by atoms with Crippen LogP contribution in [0.15, 0.2) is 18.3 Å². The van der Waals surface area contributed by atoms with Gasteiger partial charge in [-0.2, -0.15) is 0 Å². The molecule has 2 aliphatic rings. The molecular formula is C18H30Cl2N4O. The number of carbonyl (C=O) groups is 1. The van der Waals surface area contributed by atoms with E-state index in [9.17, 15) is 4.79 Å². The predicted octanol–water partition coefficient (Wildman–Crippen LogP) is 2.65. The average molecular weight is 389 g/mol. The summed E-state index contributed by atoms with van der Waals surface area (Å²) in [5.41, 5.74) is 6.91. The van der Waals surface area contributed by atoms with E-state index in [2.05, 4.69) is 33.8 Å². The van der Waals surface area contributed by atoms with E-state index in [1.54, 1.807) is 0 Å². The lowest BCUT2D eigenvalue weighted by Crippen LogP contribution is -2.46. The first kappa shape index (κ1) is 22.0. The second-order valence-electron chi connectivity index (χ2n) is 6.96. The molecule has 0 aliphatic carbocycles. The molecule has 142 valence electrons. The Labute approximate surface area is 163 Å². The molecule has 0 aromatic carbocycles. The SMILES string of the molecule is Cc1ccc(N2CCC(C(=O)N3CCC(CN)CC3)CC2)nc1.Cl.Cl. The van der Waals surface area contributed by atoms with Gasteiger partial charge in [-0.3, -0.25) is 4.79 Å². The molecule has 2 saturated heterocycles. The lowest BCUT2D eigenvalue weighted by atomic mass is 9.92. The fourth-order valence-corrected chi connectivity index (χ4v) is 3.65. The van der Waals surface area contributed by atoms with E-state index in [0.717, 1.165) is 64.2 Å². The van der Waals surface area contributed by atoms with Gasteiger partial charge in [-0.1, -0.05) is 6.07 Å². The van der Waals surface area contributed by atoms with E-state index in [-0.39, 0.29) is 30.7 Å². The number of hydrogen-bond acceptors (Lipinski definition) is 4. The van der Waals surface area contributed by atoms with Crippen LogP contribution in [-0.2, 0) is 4.79 Å². The molecule has 0 spiro atoms. The standard InChI is InChI=1S/C18H28N4O.2ClH/c1-14-2-3-17(20-13-14)21-10-6-16(7-11-21)18(23)22-8-4-15(12-19)5-9-22;;/h2-3,13,15-16H,4-12,19H2,1H3;2*1H. The number of pyridine rings is 1. The van der Waals surface area contributed by atoms with Crippen molar-refractivity contribution in [2.24, 2.45) is 17.6 Å². The van der Waals surface area contributed by atoms with Crippen molar-refractivity contribution in [1.29, 1.82) is 0 Å². The first-order chi connectivity index (χ1) is 11.2. The molecule has 2 fully saturated rings. The highest BCUT2D eigenvalue weighted by Gasteiger charge is 2.30. The highest BCUT2D eigenvalue weighted by Crippen LogP contribution is 2.25. The molecule has 25 heavy (non-hydrogen) atoms. The highest BCUT2D eigenvalue weighted by atomic mass is 35.5. The molecule has 0 unspecified atom stereocenters. The van der Waals surface area contributed by atoms with Crippen molar-refractivity contribution >= 4 is 36.5 Å². The van der Waals surface area contributed by atoms with Crippen molar-refractivity contribution in [3.05, 3.63) is 23.9 Å². The molecule has 3 heterocycles. The number of carbonyl (C=O) groups excluding carboxylic acids is 1. The molecule has 5 nitrogen and oxygen atoms in total. The predicted molar refractivity (Wildman–Crippen MR) is 107 cm³/mol. The number of nitrogens with zero attached hydrogens (tertiary/aromatic N) is 3. The Hall–Kier alpha value is -1.04. The minimum atomic E-state index is 0. The van der Waals surface area contributed by atoms with Gasteiger partial charge in [0.1, 0.15) is 5.82 Å². The third kappa shape index (κ3) is 5.47. The van der Waals surface area contributed by atoms with Crippen molar-refractivity contribution in [1.82, 2.24) is 9.88 Å². The van der Waals surface area contributed by atoms with Crippen LogP contribution in [0.3, 0.4) is 0 Å². The molecule has 0 radical (unpaired) electrons. The van der Waals surface area contributed by atoms with Gasteiger partial charge >= 0.3 is 0 Å². The summed E-state index contributed by atoms with van der Waals surface area (Å²) in [6.45, 7) is 6.43. The van der Waals surface area contributed by atoms with Gasteiger partial charge in [0.2, 0.25) is 5.91 Å². The summed E-state index contributed by atoms with van der Waals surface area (Å²) in [5.74, 6) is 2.18. The number of piperidine rings is 2. The number of anilines is 1. The number of nitrogens with two attached hydrogens (primary N) is 1. The number of hydrogen-bond donors (Lipinski definition) is 1. The van der Waals surface area contributed by atoms with Crippen molar-refractivity contribution < 1.29 is 4.79 Å². The van der Waals surface area contributed by atoms with Gasteiger partial charge in [-0.05, 0) is 56.7 Å². The first-order valence-corrected chi connectivity index (χ1v) is 8.84. The molecule has 2 N–H and O–H groups in total. The highest BCUT2D eigenvalue weighted by molar-refractivity contribution is 5.85. The van der Waals surface area contributed by atoms with Crippen LogP contribution in [0.2, 0.25) is 0 Å². The summed E-state index contributed by atoms with van der Waals surface area (Å²) in [4.78, 5) is 21.6. The molecule has 1 aromatic heterocycles. The van der Waals surface area contributed by atoms with Crippen molar-refractivity contribution in [3.8, 4) is 0 Å². The van der Waals surface area contributed by atoms with E-state index >= 15 is 0 Å². The number of aromatic nitrogens is 1. The second kappa shape index (κ2) is 10.2. The molecule has 0 bridgehead atoms. The maximum Gasteiger partial charge on any atom is 0.225 e. The van der Waals surface area contributed by atoms with Crippen LogP contribution >= 0.6 is 24.8 Å². The Morgan fingerprint density at radius 2 is 1.76 bits per heavy atom. The number of amides is 1. The van der Waals surface area contributed by atoms with Gasteiger partial charge in [0.25, 0.3) is 0 Å². The van der Waals surface area contributed by atoms with Crippen LogP contribution < -0.4 is 10.6 Å². The third-order valence-corrected chi connectivity index (χ3v) is 5.32. The number of likely N-dealkylation sites (tertiary alicyclic amines) is 1. The van der Waals surface area contributed by atoms with Crippen LogP contribution in [0.1, 0.15) is 31.2 Å². The Kier molecular flexibility index (Phi) is 8.97. The molecule has 3 rings (SSSR count). The van der Waals surface area contributed by atoms with Crippen LogP contribution in [0.4, 0.5) is 5.82 Å². The van der Waals surface area contributed by atoms with Gasteiger partial charge in [0, 0.05) is 38.3 Å². The van der Waals surface area contributed by atoms with Gasteiger partial charge in [-0.25, -0.2) is 4.98 Å². The smallest absolute Gasteiger partial charge is 0.225 e. The molecule has 1 amide bonds. The molecular weight excluding hydrogens is 359 g/mol. The summed E-state index contributed by atoms with van der Waals surface area (Å²) in [6.07, 6.45) is 5.91. The monoisotopic (exact) mass is 388 g/mol. The number of rotatable bonds is 3.